The Hall–Kier alpha value is -3.64. The Morgan fingerprint density at radius 1 is 0.806 bits per heavy atom. The van der Waals surface area contributed by atoms with Crippen LogP contribution in [0, 0.1) is 0 Å². The Balaban J connectivity index is 1.99. The summed E-state index contributed by atoms with van der Waals surface area (Å²) in [5.74, 6) is -1.59. The molecule has 0 aromatic heterocycles. The van der Waals surface area contributed by atoms with Gasteiger partial charge in [0.2, 0.25) is 0 Å². The van der Waals surface area contributed by atoms with E-state index < -0.39 is 17.9 Å². The van der Waals surface area contributed by atoms with E-state index >= 15 is 0 Å². The third-order valence-corrected chi connectivity index (χ3v) is 6.43. The maximum absolute atomic E-state index is 13.6. The number of hydrogen-bond acceptors (Lipinski definition) is 5. The number of benzene rings is 3. The average Bonchev–Trinajstić information content (AvgIpc) is 2.90. The first-order valence-corrected chi connectivity index (χ1v) is 12.7. The Morgan fingerprint density at radius 3 is 2.00 bits per heavy atom. The van der Waals surface area contributed by atoms with Crippen LogP contribution in [-0.2, 0) is 25.6 Å². The second kappa shape index (κ2) is 11.9. The molecule has 1 unspecified atom stereocenters. The van der Waals surface area contributed by atoms with Gasteiger partial charge in [0.05, 0.1) is 18.8 Å². The van der Waals surface area contributed by atoms with Crippen LogP contribution >= 0.6 is 15.9 Å². The Kier molecular flexibility index (Phi) is 8.39. The second-order valence-corrected chi connectivity index (χ2v) is 9.14. The molecule has 1 aliphatic heterocycles. The summed E-state index contributed by atoms with van der Waals surface area (Å²) in [4.78, 5) is 28.9. The molecule has 0 radical (unpaired) electrons. The predicted molar refractivity (Wildman–Crippen MR) is 144 cm³/mol. The van der Waals surface area contributed by atoms with Crippen LogP contribution in [0.2, 0.25) is 0 Å². The lowest BCUT2D eigenvalue weighted by molar-refractivity contribution is -0.143. The van der Waals surface area contributed by atoms with Gasteiger partial charge in [-0.2, -0.15) is 0 Å². The normalized spacial score (nSPS) is 15.4. The smallest absolute Gasteiger partial charge is 0.355 e. The lowest BCUT2D eigenvalue weighted by Crippen LogP contribution is -2.35. The van der Waals surface area contributed by atoms with Gasteiger partial charge >= 0.3 is 11.9 Å². The summed E-state index contributed by atoms with van der Waals surface area (Å²) in [6, 6.07) is 27.5. The molecule has 3 aromatic carbocycles. The molecule has 0 spiro atoms. The molecule has 0 saturated heterocycles. The van der Waals surface area contributed by atoms with Crippen molar-refractivity contribution in [3.8, 4) is 0 Å². The summed E-state index contributed by atoms with van der Waals surface area (Å²) in [5, 5.41) is 0. The molecule has 0 amide bonds. The maximum atomic E-state index is 13.6. The third kappa shape index (κ3) is 5.60. The fourth-order valence-corrected chi connectivity index (χ4v) is 4.58. The topological polar surface area (TPSA) is 55.8 Å². The van der Waals surface area contributed by atoms with Crippen LogP contribution in [0.25, 0.3) is 5.70 Å². The monoisotopic (exact) mass is 545 g/mol. The van der Waals surface area contributed by atoms with Crippen molar-refractivity contribution in [3.05, 3.63) is 123 Å². The zero-order valence-corrected chi connectivity index (χ0v) is 21.9. The highest BCUT2D eigenvalue weighted by molar-refractivity contribution is 9.10. The van der Waals surface area contributed by atoms with E-state index in [1.54, 1.807) is 13.8 Å². The van der Waals surface area contributed by atoms with Gasteiger partial charge in [-0.25, -0.2) is 9.59 Å². The van der Waals surface area contributed by atoms with Crippen LogP contribution in [-0.4, -0.2) is 30.1 Å². The summed E-state index contributed by atoms with van der Waals surface area (Å²) in [5.41, 5.74) is 4.09. The van der Waals surface area contributed by atoms with E-state index in [0.717, 1.165) is 26.9 Å². The van der Waals surface area contributed by atoms with Crippen molar-refractivity contribution in [2.24, 2.45) is 0 Å². The first-order chi connectivity index (χ1) is 17.5. The van der Waals surface area contributed by atoms with Crippen LogP contribution in [0.4, 0.5) is 0 Å². The number of rotatable bonds is 8. The molecular formula is C30H28BrNO4. The molecule has 0 fully saturated rings. The molecule has 3 aromatic rings. The van der Waals surface area contributed by atoms with Crippen molar-refractivity contribution in [3.63, 3.8) is 0 Å². The molecule has 0 N–H and O–H groups in total. The fourth-order valence-electron chi connectivity index (χ4n) is 4.32. The highest BCUT2D eigenvalue weighted by Crippen LogP contribution is 2.42. The fraction of sp³-hybridized carbons (Fsp3) is 0.200. The molecule has 5 nitrogen and oxygen atoms in total. The summed E-state index contributed by atoms with van der Waals surface area (Å²) in [7, 11) is 0. The molecule has 6 heteroatoms. The van der Waals surface area contributed by atoms with E-state index in [-0.39, 0.29) is 24.5 Å². The Bertz CT molecular complexity index is 1270. The molecule has 0 aliphatic carbocycles. The first kappa shape index (κ1) is 25.5. The van der Waals surface area contributed by atoms with Crippen molar-refractivity contribution >= 4 is 33.6 Å². The molecule has 4 rings (SSSR count). The van der Waals surface area contributed by atoms with Crippen LogP contribution in [0.5, 0.6) is 0 Å². The molecular weight excluding hydrogens is 518 g/mol. The lowest BCUT2D eigenvalue weighted by Gasteiger charge is -2.36. The minimum absolute atomic E-state index is 0.185. The number of esters is 2. The van der Waals surface area contributed by atoms with E-state index in [1.165, 1.54) is 0 Å². The minimum Gasteiger partial charge on any atom is -0.463 e. The van der Waals surface area contributed by atoms with E-state index in [1.807, 2.05) is 95.9 Å². The summed E-state index contributed by atoms with van der Waals surface area (Å²) >= 11 is 3.49. The van der Waals surface area contributed by atoms with Crippen LogP contribution in [0.3, 0.4) is 0 Å². The molecule has 1 aliphatic rings. The number of nitrogens with zero attached hydrogens (tertiary/aromatic N) is 1. The SMILES string of the molecule is CCOC(=O)C1=C(C(=O)OCC)N(Cc2ccccc2)C(c2ccccc2)=CC1c1ccc(Br)cc1. The quantitative estimate of drug-likeness (QED) is 0.303. The Morgan fingerprint density at radius 2 is 1.39 bits per heavy atom. The third-order valence-electron chi connectivity index (χ3n) is 5.90. The summed E-state index contributed by atoms with van der Waals surface area (Å²) < 4.78 is 11.9. The van der Waals surface area contributed by atoms with Crippen molar-refractivity contribution in [1.29, 1.82) is 0 Å². The zero-order valence-electron chi connectivity index (χ0n) is 20.3. The highest BCUT2D eigenvalue weighted by Gasteiger charge is 2.39. The van der Waals surface area contributed by atoms with Gasteiger partial charge in [-0.05, 0) is 48.7 Å². The molecule has 1 heterocycles. The highest BCUT2D eigenvalue weighted by atomic mass is 79.9. The molecule has 0 saturated carbocycles. The van der Waals surface area contributed by atoms with Gasteiger partial charge in [-0.3, -0.25) is 0 Å². The van der Waals surface area contributed by atoms with Gasteiger partial charge in [0.15, 0.2) is 0 Å². The van der Waals surface area contributed by atoms with Crippen molar-refractivity contribution in [1.82, 2.24) is 4.90 Å². The van der Waals surface area contributed by atoms with Crippen LogP contribution in [0.1, 0.15) is 36.5 Å². The van der Waals surface area contributed by atoms with E-state index in [9.17, 15) is 9.59 Å². The number of halogens is 1. The minimum atomic E-state index is -0.555. The number of allylic oxidation sites excluding steroid dienone is 1. The van der Waals surface area contributed by atoms with Crippen LogP contribution < -0.4 is 0 Å². The molecule has 36 heavy (non-hydrogen) atoms. The summed E-state index contributed by atoms with van der Waals surface area (Å²) in [6.07, 6.45) is 2.04. The lowest BCUT2D eigenvalue weighted by atomic mass is 9.84. The molecule has 1 atom stereocenters. The first-order valence-electron chi connectivity index (χ1n) is 12.0. The number of carbonyl (C=O) groups is 2. The molecule has 184 valence electrons. The van der Waals surface area contributed by atoms with Gasteiger partial charge in [-0.1, -0.05) is 88.7 Å². The molecule has 0 bridgehead atoms. The van der Waals surface area contributed by atoms with Gasteiger partial charge in [0.1, 0.15) is 5.70 Å². The van der Waals surface area contributed by atoms with E-state index in [2.05, 4.69) is 15.9 Å². The maximum Gasteiger partial charge on any atom is 0.355 e. The summed E-state index contributed by atoms with van der Waals surface area (Å²) in [6.45, 7) is 4.27. The average molecular weight is 546 g/mol. The van der Waals surface area contributed by atoms with Crippen molar-refractivity contribution in [2.75, 3.05) is 13.2 Å². The number of carbonyl (C=O) groups excluding carboxylic acids is 2. The van der Waals surface area contributed by atoms with Crippen molar-refractivity contribution < 1.29 is 19.1 Å². The second-order valence-electron chi connectivity index (χ2n) is 8.22. The van der Waals surface area contributed by atoms with Gasteiger partial charge < -0.3 is 14.4 Å². The van der Waals surface area contributed by atoms with Crippen molar-refractivity contribution in [2.45, 2.75) is 26.3 Å². The van der Waals surface area contributed by atoms with E-state index in [4.69, 9.17) is 9.47 Å². The zero-order chi connectivity index (χ0) is 25.5. The Labute approximate surface area is 220 Å². The number of ether oxygens (including phenoxy) is 2. The van der Waals surface area contributed by atoms with Gasteiger partial charge in [-0.15, -0.1) is 0 Å². The van der Waals surface area contributed by atoms with Gasteiger partial charge in [0, 0.05) is 22.6 Å². The van der Waals surface area contributed by atoms with E-state index in [0.29, 0.717) is 6.54 Å². The number of hydrogen-bond donors (Lipinski definition) is 0. The predicted octanol–water partition coefficient (Wildman–Crippen LogP) is 6.47. The largest absolute Gasteiger partial charge is 0.463 e. The standard InChI is InChI=1S/C30H28BrNO4/c1-3-35-29(33)27-25(22-15-17-24(31)18-16-22)19-26(23-13-9-6-10-14-23)32(28(27)30(34)36-4-2)20-21-11-7-5-8-12-21/h5-19,25H,3-4,20H2,1-2H3. The van der Waals surface area contributed by atoms with Crippen LogP contribution in [0.15, 0.2) is 107 Å². The van der Waals surface area contributed by atoms with Gasteiger partial charge in [0.25, 0.3) is 0 Å².